The first kappa shape index (κ1) is 7.94. The van der Waals surface area contributed by atoms with Crippen LogP contribution in [0.2, 0.25) is 0 Å². The fourth-order valence-electron chi connectivity index (χ4n) is 1.10. The van der Waals surface area contributed by atoms with E-state index in [4.69, 9.17) is 15.6 Å². The van der Waals surface area contributed by atoms with E-state index < -0.39 is 12.4 Å². The van der Waals surface area contributed by atoms with Gasteiger partial charge in [-0.1, -0.05) is 0 Å². The van der Waals surface area contributed by atoms with E-state index in [1.807, 2.05) is 0 Å². The topological polar surface area (TPSA) is 75.7 Å². The van der Waals surface area contributed by atoms with Gasteiger partial charge in [0, 0.05) is 12.5 Å². The maximum atomic E-state index is 9.20. The van der Waals surface area contributed by atoms with Crippen LogP contribution in [0.1, 0.15) is 13.3 Å². The molecule has 1 heterocycles. The minimum absolute atomic E-state index is 0.311. The Hall–Kier alpha value is -0.160. The van der Waals surface area contributed by atoms with Gasteiger partial charge in [0.15, 0.2) is 6.29 Å². The summed E-state index contributed by atoms with van der Waals surface area (Å²) in [5, 5.41) is 18.2. The van der Waals surface area contributed by atoms with Gasteiger partial charge in [-0.25, -0.2) is 0 Å². The van der Waals surface area contributed by atoms with E-state index in [2.05, 4.69) is 0 Å². The number of nitrogens with two attached hydrogens (primary N) is 1. The van der Waals surface area contributed by atoms with E-state index in [1.165, 1.54) is 0 Å². The zero-order valence-corrected chi connectivity index (χ0v) is 5.90. The van der Waals surface area contributed by atoms with Crippen LogP contribution in [0.3, 0.4) is 0 Å². The lowest BCUT2D eigenvalue weighted by Gasteiger charge is -2.33. The zero-order chi connectivity index (χ0) is 7.72. The van der Waals surface area contributed by atoms with Crippen LogP contribution >= 0.6 is 0 Å². The molecular weight excluding hydrogens is 134 g/mol. The van der Waals surface area contributed by atoms with Gasteiger partial charge in [-0.05, 0) is 6.92 Å². The van der Waals surface area contributed by atoms with Gasteiger partial charge in [0.2, 0.25) is 0 Å². The highest BCUT2D eigenvalue weighted by Gasteiger charge is 2.31. The average molecular weight is 147 g/mol. The molecule has 4 nitrogen and oxygen atoms in total. The lowest BCUT2D eigenvalue weighted by atomic mass is 10.0. The molecule has 1 rings (SSSR count). The Morgan fingerprint density at radius 2 is 2.10 bits per heavy atom. The van der Waals surface area contributed by atoms with E-state index in [1.54, 1.807) is 6.92 Å². The average Bonchev–Trinajstić information content (AvgIpc) is 1.82. The zero-order valence-electron chi connectivity index (χ0n) is 5.90. The quantitative estimate of drug-likeness (QED) is 0.402. The molecular formula is C6H13NO3. The molecule has 1 aliphatic rings. The Labute approximate surface area is 59.6 Å². The van der Waals surface area contributed by atoms with Crippen molar-refractivity contribution < 1.29 is 14.9 Å². The largest absolute Gasteiger partial charge is 0.389 e. The van der Waals surface area contributed by atoms with Crippen molar-refractivity contribution in [2.24, 2.45) is 5.73 Å². The van der Waals surface area contributed by atoms with Crippen LogP contribution in [0.5, 0.6) is 0 Å². The normalized spacial score (nSPS) is 49.2. The summed E-state index contributed by atoms with van der Waals surface area (Å²) in [5.41, 5.74) is 5.47. The van der Waals surface area contributed by atoms with Gasteiger partial charge in [-0.15, -0.1) is 0 Å². The predicted octanol–water partition coefficient (Wildman–Crippen LogP) is -1.20. The van der Waals surface area contributed by atoms with Crippen LogP contribution in [0.25, 0.3) is 0 Å². The maximum Gasteiger partial charge on any atom is 0.156 e. The second-order valence-electron chi connectivity index (χ2n) is 2.69. The minimum atomic E-state index is -0.812. The molecule has 0 saturated carbocycles. The van der Waals surface area contributed by atoms with Crippen LogP contribution in [-0.2, 0) is 4.74 Å². The molecule has 1 aliphatic heterocycles. The second-order valence-corrected chi connectivity index (χ2v) is 2.69. The summed E-state index contributed by atoms with van der Waals surface area (Å²) in [6.45, 7) is 1.69. The Kier molecular flexibility index (Phi) is 2.25. The fourth-order valence-corrected chi connectivity index (χ4v) is 1.10. The van der Waals surface area contributed by atoms with Crippen molar-refractivity contribution in [2.45, 2.75) is 37.9 Å². The summed E-state index contributed by atoms with van der Waals surface area (Å²) in [6.07, 6.45) is -1.51. The highest BCUT2D eigenvalue weighted by Crippen LogP contribution is 2.16. The van der Waals surface area contributed by atoms with E-state index in [0.29, 0.717) is 6.42 Å². The summed E-state index contributed by atoms with van der Waals surface area (Å²) in [7, 11) is 0. The second kappa shape index (κ2) is 2.84. The van der Waals surface area contributed by atoms with Crippen LogP contribution in [0.15, 0.2) is 0 Å². The number of rotatable bonds is 0. The van der Waals surface area contributed by atoms with Crippen molar-refractivity contribution >= 4 is 0 Å². The van der Waals surface area contributed by atoms with Gasteiger partial charge < -0.3 is 20.7 Å². The van der Waals surface area contributed by atoms with E-state index in [9.17, 15) is 5.11 Å². The molecule has 60 valence electrons. The van der Waals surface area contributed by atoms with Gasteiger partial charge in [-0.3, -0.25) is 0 Å². The number of hydrogen-bond acceptors (Lipinski definition) is 4. The standard InChI is InChI=1S/C6H13NO3/c1-3-6(9)4(7)2-5(8)10-3/h3-6,8-9H,2,7H2,1H3/t3-,4+,5-,6+/m0/s1. The first-order chi connectivity index (χ1) is 4.61. The molecule has 0 spiro atoms. The molecule has 0 bridgehead atoms. The van der Waals surface area contributed by atoms with Gasteiger partial charge in [0.05, 0.1) is 12.2 Å². The summed E-state index contributed by atoms with van der Waals surface area (Å²) >= 11 is 0. The number of aliphatic hydroxyl groups excluding tert-OH is 2. The fraction of sp³-hybridized carbons (Fsp3) is 1.00. The third kappa shape index (κ3) is 1.46. The van der Waals surface area contributed by atoms with Gasteiger partial charge >= 0.3 is 0 Å². The SMILES string of the molecule is C[C@@H]1O[C@H](O)C[C@@H](N)[C@@H]1O. The van der Waals surface area contributed by atoms with Crippen molar-refractivity contribution in [3.8, 4) is 0 Å². The minimum Gasteiger partial charge on any atom is -0.389 e. The van der Waals surface area contributed by atoms with Crippen LogP contribution in [0, 0.1) is 0 Å². The summed E-state index contributed by atoms with van der Waals surface area (Å²) in [6, 6.07) is -0.362. The molecule has 1 saturated heterocycles. The van der Waals surface area contributed by atoms with E-state index >= 15 is 0 Å². The van der Waals surface area contributed by atoms with Gasteiger partial charge in [0.1, 0.15) is 0 Å². The van der Waals surface area contributed by atoms with Crippen molar-refractivity contribution in [2.75, 3.05) is 0 Å². The Morgan fingerprint density at radius 3 is 2.60 bits per heavy atom. The van der Waals surface area contributed by atoms with Crippen LogP contribution in [0.4, 0.5) is 0 Å². The highest BCUT2D eigenvalue weighted by atomic mass is 16.6. The molecule has 0 amide bonds. The van der Waals surface area contributed by atoms with Crippen LogP contribution < -0.4 is 5.73 Å². The van der Waals surface area contributed by atoms with Crippen LogP contribution in [-0.4, -0.2) is 34.8 Å². The van der Waals surface area contributed by atoms with Crippen molar-refractivity contribution in [3.05, 3.63) is 0 Å². The Morgan fingerprint density at radius 1 is 1.50 bits per heavy atom. The monoisotopic (exact) mass is 147 g/mol. The molecule has 4 atom stereocenters. The first-order valence-electron chi connectivity index (χ1n) is 3.38. The van der Waals surface area contributed by atoms with Crippen molar-refractivity contribution in [1.82, 2.24) is 0 Å². The number of hydrogen-bond donors (Lipinski definition) is 3. The van der Waals surface area contributed by atoms with Crippen molar-refractivity contribution in [1.29, 1.82) is 0 Å². The highest BCUT2D eigenvalue weighted by molar-refractivity contribution is 4.82. The molecule has 0 unspecified atom stereocenters. The lowest BCUT2D eigenvalue weighted by Crippen LogP contribution is -2.51. The van der Waals surface area contributed by atoms with Gasteiger partial charge in [-0.2, -0.15) is 0 Å². The molecule has 0 aliphatic carbocycles. The summed E-state index contributed by atoms with van der Waals surface area (Å²) < 4.78 is 4.89. The molecule has 0 aromatic carbocycles. The number of aliphatic hydroxyl groups is 2. The van der Waals surface area contributed by atoms with E-state index in [0.717, 1.165) is 0 Å². The third-order valence-electron chi connectivity index (χ3n) is 1.77. The molecule has 4 N–H and O–H groups in total. The van der Waals surface area contributed by atoms with Gasteiger partial charge in [0.25, 0.3) is 0 Å². The molecule has 4 heteroatoms. The maximum absolute atomic E-state index is 9.20. The molecule has 0 aromatic heterocycles. The molecule has 1 fully saturated rings. The lowest BCUT2D eigenvalue weighted by molar-refractivity contribution is -0.198. The van der Waals surface area contributed by atoms with E-state index in [-0.39, 0.29) is 12.1 Å². The third-order valence-corrected chi connectivity index (χ3v) is 1.77. The smallest absolute Gasteiger partial charge is 0.156 e. The first-order valence-corrected chi connectivity index (χ1v) is 3.38. The molecule has 10 heavy (non-hydrogen) atoms. The number of ether oxygens (including phenoxy) is 1. The van der Waals surface area contributed by atoms with Crippen molar-refractivity contribution in [3.63, 3.8) is 0 Å². The summed E-state index contributed by atoms with van der Waals surface area (Å²) in [4.78, 5) is 0. The Balaban J connectivity index is 2.49. The Bertz CT molecular complexity index is 108. The summed E-state index contributed by atoms with van der Waals surface area (Å²) in [5.74, 6) is 0. The predicted molar refractivity (Wildman–Crippen MR) is 35.2 cm³/mol. The molecule has 0 radical (unpaired) electrons. The molecule has 0 aromatic rings.